The third-order valence-electron chi connectivity index (χ3n) is 4.61. The van der Waals surface area contributed by atoms with E-state index in [1.807, 2.05) is 23.1 Å². The maximum Gasteiger partial charge on any atom is 0.246 e. The first-order valence-corrected chi connectivity index (χ1v) is 8.82. The molecule has 1 aliphatic heterocycles. The lowest BCUT2D eigenvalue weighted by Gasteiger charge is -2.34. The van der Waals surface area contributed by atoms with Gasteiger partial charge in [-0.05, 0) is 29.3 Å². The first-order chi connectivity index (χ1) is 12.7. The maximum absolute atomic E-state index is 12.4. The minimum absolute atomic E-state index is 0.0405. The lowest BCUT2D eigenvalue weighted by Crippen LogP contribution is -2.47. The molecule has 3 rings (SSSR count). The largest absolute Gasteiger partial charge is 0.495 e. The molecule has 0 bridgehead atoms. The molecule has 1 aliphatic rings. The van der Waals surface area contributed by atoms with Crippen LogP contribution in [-0.2, 0) is 11.3 Å². The van der Waals surface area contributed by atoms with Crippen molar-refractivity contribution in [2.75, 3.05) is 39.0 Å². The average Bonchev–Trinajstić information content (AvgIpc) is 2.67. The van der Waals surface area contributed by atoms with Crippen LogP contribution in [-0.4, -0.2) is 49.0 Å². The Balaban J connectivity index is 1.51. The summed E-state index contributed by atoms with van der Waals surface area (Å²) in [5.74, 6) is 0.682. The van der Waals surface area contributed by atoms with Crippen LogP contribution >= 0.6 is 0 Å². The Morgan fingerprint density at radius 2 is 1.85 bits per heavy atom. The molecule has 0 atom stereocenters. The van der Waals surface area contributed by atoms with Crippen molar-refractivity contribution in [1.82, 2.24) is 9.80 Å². The standard InChI is InChI=1S/C21H25N3O2/c1-26-20-9-7-17(15-19(20)22)8-10-21(25)24-13-11-23(12-14-24)16-18-5-3-2-4-6-18/h2-10,15H,11-14,16,22H2,1H3/b10-8+. The molecule has 0 spiro atoms. The highest BCUT2D eigenvalue weighted by Crippen LogP contribution is 2.22. The summed E-state index contributed by atoms with van der Waals surface area (Å²) >= 11 is 0. The molecule has 1 fully saturated rings. The van der Waals surface area contributed by atoms with Gasteiger partial charge in [-0.15, -0.1) is 0 Å². The highest BCUT2D eigenvalue weighted by Gasteiger charge is 2.19. The number of benzene rings is 2. The molecule has 2 aromatic rings. The number of rotatable bonds is 5. The third kappa shape index (κ3) is 4.64. The Kier molecular flexibility index (Phi) is 5.92. The Hall–Kier alpha value is -2.79. The van der Waals surface area contributed by atoms with Crippen LogP contribution in [0.3, 0.4) is 0 Å². The van der Waals surface area contributed by atoms with Crippen molar-refractivity contribution >= 4 is 17.7 Å². The van der Waals surface area contributed by atoms with Crippen LogP contribution < -0.4 is 10.5 Å². The van der Waals surface area contributed by atoms with Crippen molar-refractivity contribution in [3.8, 4) is 5.75 Å². The van der Waals surface area contributed by atoms with E-state index in [2.05, 4.69) is 29.2 Å². The van der Waals surface area contributed by atoms with Gasteiger partial charge in [0.1, 0.15) is 5.75 Å². The van der Waals surface area contributed by atoms with Gasteiger partial charge in [0.25, 0.3) is 0 Å². The van der Waals surface area contributed by atoms with Crippen LogP contribution in [0.4, 0.5) is 5.69 Å². The number of hydrogen-bond acceptors (Lipinski definition) is 4. The van der Waals surface area contributed by atoms with Crippen LogP contribution in [0.25, 0.3) is 6.08 Å². The van der Waals surface area contributed by atoms with Crippen LogP contribution in [0.2, 0.25) is 0 Å². The number of carbonyl (C=O) groups excluding carboxylic acids is 1. The molecule has 0 saturated carbocycles. The van der Waals surface area contributed by atoms with Gasteiger partial charge in [-0.1, -0.05) is 36.4 Å². The molecule has 2 aromatic carbocycles. The highest BCUT2D eigenvalue weighted by molar-refractivity contribution is 5.92. The van der Waals surface area contributed by atoms with Crippen molar-refractivity contribution in [2.24, 2.45) is 0 Å². The van der Waals surface area contributed by atoms with E-state index in [1.165, 1.54) is 5.56 Å². The summed E-state index contributed by atoms with van der Waals surface area (Å²) in [5.41, 5.74) is 8.66. The fraction of sp³-hybridized carbons (Fsp3) is 0.286. The Bertz CT molecular complexity index is 766. The van der Waals surface area contributed by atoms with Gasteiger partial charge >= 0.3 is 0 Å². The number of nitrogen functional groups attached to an aromatic ring is 1. The van der Waals surface area contributed by atoms with E-state index in [0.29, 0.717) is 11.4 Å². The number of methoxy groups -OCH3 is 1. The van der Waals surface area contributed by atoms with Crippen molar-refractivity contribution in [2.45, 2.75) is 6.54 Å². The van der Waals surface area contributed by atoms with E-state index >= 15 is 0 Å². The summed E-state index contributed by atoms with van der Waals surface area (Å²) in [5, 5.41) is 0. The second-order valence-electron chi connectivity index (χ2n) is 6.42. The van der Waals surface area contributed by atoms with E-state index in [9.17, 15) is 4.79 Å². The number of nitrogens with two attached hydrogens (primary N) is 1. The number of carbonyl (C=O) groups is 1. The van der Waals surface area contributed by atoms with E-state index in [1.54, 1.807) is 25.3 Å². The molecule has 26 heavy (non-hydrogen) atoms. The van der Waals surface area contributed by atoms with Crippen LogP contribution in [0.5, 0.6) is 5.75 Å². The molecule has 0 aliphatic carbocycles. The van der Waals surface area contributed by atoms with Gasteiger partial charge in [0.15, 0.2) is 0 Å². The molecule has 5 nitrogen and oxygen atoms in total. The summed E-state index contributed by atoms with van der Waals surface area (Å²) in [7, 11) is 1.59. The zero-order chi connectivity index (χ0) is 18.4. The molecule has 0 unspecified atom stereocenters. The number of amides is 1. The van der Waals surface area contributed by atoms with Gasteiger partial charge in [-0.25, -0.2) is 0 Å². The number of ether oxygens (including phenoxy) is 1. The first-order valence-electron chi connectivity index (χ1n) is 8.82. The van der Waals surface area contributed by atoms with Gasteiger partial charge in [-0.3, -0.25) is 9.69 Å². The zero-order valence-corrected chi connectivity index (χ0v) is 15.1. The molecule has 1 heterocycles. The predicted octanol–water partition coefficient (Wildman–Crippen LogP) is 2.63. The minimum Gasteiger partial charge on any atom is -0.495 e. The number of piperazine rings is 1. The van der Waals surface area contributed by atoms with Crippen molar-refractivity contribution in [1.29, 1.82) is 0 Å². The molecule has 1 saturated heterocycles. The second kappa shape index (κ2) is 8.54. The molecule has 1 amide bonds. The lowest BCUT2D eigenvalue weighted by molar-refractivity contribution is -0.127. The fourth-order valence-electron chi connectivity index (χ4n) is 3.10. The highest BCUT2D eigenvalue weighted by atomic mass is 16.5. The van der Waals surface area contributed by atoms with Crippen LogP contribution in [0.1, 0.15) is 11.1 Å². The first kappa shape index (κ1) is 18.0. The van der Waals surface area contributed by atoms with Crippen LogP contribution in [0, 0.1) is 0 Å². The molecular formula is C21H25N3O2. The minimum atomic E-state index is 0.0405. The van der Waals surface area contributed by atoms with Crippen molar-refractivity contribution in [3.05, 3.63) is 65.7 Å². The van der Waals surface area contributed by atoms with E-state index in [-0.39, 0.29) is 5.91 Å². The molecular weight excluding hydrogens is 326 g/mol. The number of hydrogen-bond donors (Lipinski definition) is 1. The van der Waals surface area contributed by atoms with Gasteiger partial charge in [-0.2, -0.15) is 0 Å². The quantitative estimate of drug-likeness (QED) is 0.665. The SMILES string of the molecule is COc1ccc(/C=C/C(=O)N2CCN(Cc3ccccc3)CC2)cc1N. The monoisotopic (exact) mass is 351 g/mol. The van der Waals surface area contributed by atoms with Crippen molar-refractivity contribution < 1.29 is 9.53 Å². The molecule has 0 aromatic heterocycles. The van der Waals surface area contributed by atoms with Gasteiger partial charge in [0.2, 0.25) is 5.91 Å². The summed E-state index contributed by atoms with van der Waals surface area (Å²) in [6, 6.07) is 15.9. The van der Waals surface area contributed by atoms with E-state index in [0.717, 1.165) is 38.3 Å². The second-order valence-corrected chi connectivity index (χ2v) is 6.42. The Labute approximate surface area is 154 Å². The molecule has 0 radical (unpaired) electrons. The predicted molar refractivity (Wildman–Crippen MR) is 105 cm³/mol. The normalized spacial score (nSPS) is 15.3. The van der Waals surface area contributed by atoms with Crippen molar-refractivity contribution in [3.63, 3.8) is 0 Å². The third-order valence-corrected chi connectivity index (χ3v) is 4.61. The number of nitrogens with zero attached hydrogens (tertiary/aromatic N) is 2. The zero-order valence-electron chi connectivity index (χ0n) is 15.1. The van der Waals surface area contributed by atoms with E-state index in [4.69, 9.17) is 10.5 Å². The van der Waals surface area contributed by atoms with Gasteiger partial charge in [0, 0.05) is 38.8 Å². The summed E-state index contributed by atoms with van der Waals surface area (Å²) < 4.78 is 5.14. The van der Waals surface area contributed by atoms with Crippen LogP contribution in [0.15, 0.2) is 54.6 Å². The fourth-order valence-corrected chi connectivity index (χ4v) is 3.10. The number of anilines is 1. The smallest absolute Gasteiger partial charge is 0.246 e. The topological polar surface area (TPSA) is 58.8 Å². The summed E-state index contributed by atoms with van der Waals surface area (Å²) in [6.07, 6.45) is 3.42. The molecule has 5 heteroatoms. The Morgan fingerprint density at radius 1 is 1.12 bits per heavy atom. The summed E-state index contributed by atoms with van der Waals surface area (Å²) in [4.78, 5) is 16.7. The van der Waals surface area contributed by atoms with Gasteiger partial charge in [0.05, 0.1) is 12.8 Å². The molecule has 136 valence electrons. The van der Waals surface area contributed by atoms with Gasteiger partial charge < -0.3 is 15.4 Å². The Morgan fingerprint density at radius 3 is 2.50 bits per heavy atom. The maximum atomic E-state index is 12.4. The average molecular weight is 351 g/mol. The molecule has 2 N–H and O–H groups in total. The lowest BCUT2D eigenvalue weighted by atomic mass is 10.1. The summed E-state index contributed by atoms with van der Waals surface area (Å²) in [6.45, 7) is 4.22. The van der Waals surface area contributed by atoms with E-state index < -0.39 is 0 Å².